The summed E-state index contributed by atoms with van der Waals surface area (Å²) in [7, 11) is -0.519. The number of aliphatic carboxylic acids is 1. The van der Waals surface area contributed by atoms with Crippen LogP contribution in [0.25, 0.3) is 0 Å². The Kier molecular flexibility index (Phi) is 19.3. The lowest BCUT2D eigenvalue weighted by Gasteiger charge is -2.22. The quantitative estimate of drug-likeness (QED) is 0.329. The molecule has 1 unspecified atom stereocenters. The van der Waals surface area contributed by atoms with Crippen molar-refractivity contribution in [2.75, 3.05) is 25.2 Å². The Balaban J connectivity index is 0. The normalized spacial score (nSPS) is 12.4. The fourth-order valence-corrected chi connectivity index (χ4v) is 6.82. The minimum Gasteiger partial charge on any atom is -0.481 e. The van der Waals surface area contributed by atoms with Crippen LogP contribution in [0, 0.1) is 5.92 Å². The number of carboxylic acids is 1. The van der Waals surface area contributed by atoms with E-state index in [9.17, 15) is 4.79 Å². The van der Waals surface area contributed by atoms with Crippen LogP contribution in [-0.2, 0) is 4.79 Å². The second-order valence-corrected chi connectivity index (χ2v) is 12.0. The topological polar surface area (TPSA) is 37.3 Å². The maximum absolute atomic E-state index is 10.4. The molecule has 0 saturated heterocycles. The fourth-order valence-electron chi connectivity index (χ4n) is 2.91. The number of carboxylic acid groups (broad SMARTS) is 1. The summed E-state index contributed by atoms with van der Waals surface area (Å²) in [5, 5.41) is 8.60. The van der Waals surface area contributed by atoms with Gasteiger partial charge in [-0.05, 0) is 32.1 Å². The summed E-state index contributed by atoms with van der Waals surface area (Å²) in [4.78, 5) is 10.4. The molecule has 0 rings (SSSR count). The molecule has 0 spiro atoms. The van der Waals surface area contributed by atoms with E-state index >= 15 is 0 Å². The third-order valence-electron chi connectivity index (χ3n) is 4.90. The lowest BCUT2D eigenvalue weighted by atomic mass is 10.00. The van der Waals surface area contributed by atoms with Gasteiger partial charge in [-0.15, -0.1) is 0 Å². The summed E-state index contributed by atoms with van der Waals surface area (Å²) in [6.07, 6.45) is 16.9. The molecule has 0 saturated carbocycles. The molecular formula is C21H46O2P+. The highest BCUT2D eigenvalue weighted by Crippen LogP contribution is 2.57. The first-order valence-corrected chi connectivity index (χ1v) is 13.3. The molecule has 146 valence electrons. The van der Waals surface area contributed by atoms with Crippen molar-refractivity contribution in [1.82, 2.24) is 0 Å². The number of carbonyl (C=O) groups is 1. The zero-order valence-electron chi connectivity index (χ0n) is 17.6. The monoisotopic (exact) mass is 361 g/mol. The summed E-state index contributed by atoms with van der Waals surface area (Å²) in [6.45, 7) is 13.6. The third kappa shape index (κ3) is 15.4. The number of hydrogen-bond acceptors (Lipinski definition) is 1. The molecule has 2 nitrogen and oxygen atoms in total. The summed E-state index contributed by atoms with van der Waals surface area (Å²) >= 11 is 0. The van der Waals surface area contributed by atoms with Crippen molar-refractivity contribution >= 4 is 13.2 Å². The van der Waals surface area contributed by atoms with Crippen LogP contribution in [0.2, 0.25) is 0 Å². The van der Waals surface area contributed by atoms with Crippen LogP contribution in [-0.4, -0.2) is 36.2 Å². The average Bonchev–Trinajstić information content (AvgIpc) is 2.57. The van der Waals surface area contributed by atoms with E-state index in [4.69, 9.17) is 5.11 Å². The third-order valence-corrected chi connectivity index (χ3v) is 9.09. The van der Waals surface area contributed by atoms with E-state index in [1.165, 1.54) is 38.5 Å². The van der Waals surface area contributed by atoms with Crippen molar-refractivity contribution in [1.29, 1.82) is 0 Å². The van der Waals surface area contributed by atoms with E-state index in [0.29, 0.717) is 0 Å². The van der Waals surface area contributed by atoms with Crippen LogP contribution >= 0.6 is 7.26 Å². The molecule has 0 heterocycles. The summed E-state index contributed by atoms with van der Waals surface area (Å²) in [5.41, 5.74) is 0. The highest BCUT2D eigenvalue weighted by Gasteiger charge is 2.28. The Morgan fingerprint density at radius 3 is 1.42 bits per heavy atom. The number of hydrogen-bond donors (Lipinski definition) is 1. The van der Waals surface area contributed by atoms with E-state index in [1.807, 2.05) is 6.92 Å². The Morgan fingerprint density at radius 2 is 1.17 bits per heavy atom. The molecule has 0 amide bonds. The molecule has 0 aromatic carbocycles. The molecule has 1 N–H and O–H groups in total. The second-order valence-electron chi connectivity index (χ2n) is 7.44. The minimum absolute atomic E-state index is 0.111. The summed E-state index contributed by atoms with van der Waals surface area (Å²) < 4.78 is 0. The van der Waals surface area contributed by atoms with Gasteiger partial charge in [0.2, 0.25) is 0 Å². The highest BCUT2D eigenvalue weighted by atomic mass is 31.2. The Morgan fingerprint density at radius 1 is 0.792 bits per heavy atom. The van der Waals surface area contributed by atoms with Gasteiger partial charge in [-0.2, -0.15) is 0 Å². The number of unbranched alkanes of at least 4 members (excludes halogenated alkanes) is 4. The van der Waals surface area contributed by atoms with E-state index in [2.05, 4.69) is 34.4 Å². The van der Waals surface area contributed by atoms with Crippen molar-refractivity contribution in [3.05, 3.63) is 0 Å². The van der Waals surface area contributed by atoms with E-state index < -0.39 is 13.2 Å². The average molecular weight is 362 g/mol. The van der Waals surface area contributed by atoms with Gasteiger partial charge in [0.1, 0.15) is 0 Å². The molecule has 0 aromatic heterocycles. The van der Waals surface area contributed by atoms with Gasteiger partial charge in [0.25, 0.3) is 0 Å². The van der Waals surface area contributed by atoms with E-state index in [-0.39, 0.29) is 5.92 Å². The lowest BCUT2D eigenvalue weighted by Crippen LogP contribution is -2.11. The van der Waals surface area contributed by atoms with Gasteiger partial charge in [0.05, 0.1) is 24.4 Å². The van der Waals surface area contributed by atoms with Crippen molar-refractivity contribution in [3.8, 4) is 0 Å². The van der Waals surface area contributed by atoms with Crippen molar-refractivity contribution < 1.29 is 9.90 Å². The van der Waals surface area contributed by atoms with Crippen LogP contribution < -0.4 is 0 Å². The van der Waals surface area contributed by atoms with Crippen molar-refractivity contribution in [2.45, 2.75) is 98.8 Å². The molecule has 0 aliphatic carbocycles. The Hall–Kier alpha value is -0.100. The largest absolute Gasteiger partial charge is 0.481 e. The Labute approximate surface area is 153 Å². The van der Waals surface area contributed by atoms with Crippen LogP contribution in [0.15, 0.2) is 0 Å². The van der Waals surface area contributed by atoms with Crippen LogP contribution in [0.4, 0.5) is 0 Å². The van der Waals surface area contributed by atoms with Gasteiger partial charge < -0.3 is 5.11 Å². The first-order valence-electron chi connectivity index (χ1n) is 10.5. The van der Waals surface area contributed by atoms with Gasteiger partial charge >= 0.3 is 5.97 Å². The van der Waals surface area contributed by atoms with Gasteiger partial charge in [-0.25, -0.2) is 0 Å². The predicted molar refractivity (Wildman–Crippen MR) is 113 cm³/mol. The van der Waals surface area contributed by atoms with Crippen LogP contribution in [0.5, 0.6) is 0 Å². The molecule has 0 aromatic rings. The lowest BCUT2D eigenvalue weighted by molar-refractivity contribution is -0.142. The SMILES string of the molecule is CCCCC(CC)C(=O)O.CCCC[P+](C)(CCCC)CCCC. The molecular weight excluding hydrogens is 315 g/mol. The Bertz CT molecular complexity index is 257. The molecule has 3 heteroatoms. The van der Waals surface area contributed by atoms with Crippen molar-refractivity contribution in [2.24, 2.45) is 5.92 Å². The van der Waals surface area contributed by atoms with E-state index in [1.54, 1.807) is 18.5 Å². The molecule has 0 radical (unpaired) electrons. The molecule has 0 aliphatic heterocycles. The maximum atomic E-state index is 10.4. The predicted octanol–water partition coefficient (Wildman–Crippen LogP) is 7.32. The molecule has 0 fully saturated rings. The summed E-state index contributed by atoms with van der Waals surface area (Å²) in [5.74, 6) is -0.754. The van der Waals surface area contributed by atoms with Gasteiger partial charge in [-0.3, -0.25) is 4.79 Å². The first kappa shape index (κ1) is 26.1. The molecule has 1 atom stereocenters. The smallest absolute Gasteiger partial charge is 0.306 e. The molecule has 0 bridgehead atoms. The minimum atomic E-state index is -0.643. The summed E-state index contributed by atoms with van der Waals surface area (Å²) in [6, 6.07) is 0. The van der Waals surface area contributed by atoms with Crippen LogP contribution in [0.1, 0.15) is 98.8 Å². The zero-order valence-corrected chi connectivity index (χ0v) is 18.5. The van der Waals surface area contributed by atoms with Crippen LogP contribution in [0.3, 0.4) is 0 Å². The molecule has 0 aliphatic rings. The van der Waals surface area contributed by atoms with Gasteiger partial charge in [0, 0.05) is 13.9 Å². The first-order chi connectivity index (χ1) is 11.4. The highest BCUT2D eigenvalue weighted by molar-refractivity contribution is 7.75. The maximum Gasteiger partial charge on any atom is 0.306 e. The van der Waals surface area contributed by atoms with E-state index in [0.717, 1.165) is 25.7 Å². The fraction of sp³-hybridized carbons (Fsp3) is 0.952. The second kappa shape index (κ2) is 17.7. The number of rotatable bonds is 14. The van der Waals surface area contributed by atoms with Crippen molar-refractivity contribution in [3.63, 3.8) is 0 Å². The molecule has 24 heavy (non-hydrogen) atoms. The van der Waals surface area contributed by atoms with Gasteiger partial charge in [-0.1, -0.05) is 66.7 Å². The van der Waals surface area contributed by atoms with Gasteiger partial charge in [0.15, 0.2) is 0 Å². The standard InChI is InChI=1S/C13H30P.C8H16O2/c1-5-8-11-14(4,12-9-6-2)13-10-7-3;1-3-5-6-7(4-2)8(9)10/h5-13H2,1-4H3;7H,3-6H2,1-2H3,(H,9,10)/q+1;. The zero-order chi connectivity index (χ0) is 18.8.